The number of alkyl halides is 2. The van der Waals surface area contributed by atoms with Crippen LogP contribution in [-0.2, 0) is 10.0 Å². The first-order valence-electron chi connectivity index (χ1n) is 7.16. The Hall–Kier alpha value is -2.16. The summed E-state index contributed by atoms with van der Waals surface area (Å²) in [5.74, 6) is 0. The van der Waals surface area contributed by atoms with E-state index in [0.717, 1.165) is 0 Å². The first-order valence-corrected chi connectivity index (χ1v) is 9.08. The van der Waals surface area contributed by atoms with E-state index in [1.807, 2.05) is 0 Å². The summed E-state index contributed by atoms with van der Waals surface area (Å²) in [4.78, 5) is -0.0680. The summed E-state index contributed by atoms with van der Waals surface area (Å²) in [5.41, 5.74) is 1.43. The molecule has 0 aromatic heterocycles. The van der Waals surface area contributed by atoms with Gasteiger partial charge in [0.1, 0.15) is 0 Å². The van der Waals surface area contributed by atoms with Crippen LogP contribution < -0.4 is 5.14 Å². The largest absolute Gasteiger partial charge is 0.283 e. The molecule has 130 valence electrons. The summed E-state index contributed by atoms with van der Waals surface area (Å²) in [6, 6.07) is 12.3. The molecule has 1 heterocycles. The minimum absolute atomic E-state index is 0.0176. The zero-order valence-corrected chi connectivity index (χ0v) is 14.3. The molecular weight excluding hydrogens is 372 g/mol. The molecule has 0 bridgehead atoms. The summed E-state index contributed by atoms with van der Waals surface area (Å²) >= 11 is 5.87. The maximum absolute atomic E-state index is 13.1. The fourth-order valence-corrected chi connectivity index (χ4v) is 3.09. The number of sulfonamides is 1. The molecule has 2 aromatic rings. The fraction of sp³-hybridized carbons (Fsp3) is 0.125. The first kappa shape index (κ1) is 17.7. The number of halogens is 3. The van der Waals surface area contributed by atoms with E-state index in [1.165, 1.54) is 28.9 Å². The minimum atomic E-state index is -3.83. The van der Waals surface area contributed by atoms with Gasteiger partial charge in [-0.2, -0.15) is 0 Å². The summed E-state index contributed by atoms with van der Waals surface area (Å²) < 4.78 is 50.3. The van der Waals surface area contributed by atoms with Crippen molar-refractivity contribution < 1.29 is 21.9 Å². The Bertz CT molecular complexity index is 969. The van der Waals surface area contributed by atoms with Gasteiger partial charge in [0, 0.05) is 27.8 Å². The fourth-order valence-electron chi connectivity index (χ4n) is 2.45. The number of hydrazone groups is 1. The van der Waals surface area contributed by atoms with E-state index in [4.69, 9.17) is 16.7 Å². The van der Waals surface area contributed by atoms with Gasteiger partial charge in [-0.1, -0.05) is 11.6 Å². The van der Waals surface area contributed by atoms with Crippen LogP contribution in [-0.4, -0.2) is 31.0 Å². The van der Waals surface area contributed by atoms with Crippen molar-refractivity contribution in [3.05, 3.63) is 59.1 Å². The Kier molecular flexibility index (Phi) is 4.68. The minimum Gasteiger partial charge on any atom is -0.225 e. The number of hydrogen-bond acceptors (Lipinski definition) is 3. The SMILES string of the molecule is NS(=O)(=O)c1ccc([N+]2=C(c3ccc(Cl)cc3)CC(C(F)F)=N2)cc1. The standard InChI is InChI=1S/C16H13ClF2N3O2S/c17-11-3-1-10(2-4-11)15-9-14(16(18)19)21-22(15)12-5-7-13(8-6-12)25(20,23)24/h1-8,16H,9H2,(H2,20,23,24)/q+1. The van der Waals surface area contributed by atoms with Crippen LogP contribution in [0.15, 0.2) is 58.5 Å². The van der Waals surface area contributed by atoms with Crippen LogP contribution in [0.25, 0.3) is 0 Å². The summed E-state index contributed by atoms with van der Waals surface area (Å²) in [7, 11) is -3.83. The van der Waals surface area contributed by atoms with E-state index in [2.05, 4.69) is 5.10 Å². The molecule has 2 N–H and O–H groups in total. The predicted molar refractivity (Wildman–Crippen MR) is 91.4 cm³/mol. The molecule has 1 aliphatic heterocycles. The third-order valence-corrected chi connectivity index (χ3v) is 4.85. The van der Waals surface area contributed by atoms with Crippen molar-refractivity contribution in [2.45, 2.75) is 17.7 Å². The second-order valence-corrected chi connectivity index (χ2v) is 7.37. The van der Waals surface area contributed by atoms with Crippen LogP contribution >= 0.6 is 11.6 Å². The molecule has 0 saturated carbocycles. The maximum Gasteiger partial charge on any atom is 0.283 e. The molecule has 25 heavy (non-hydrogen) atoms. The molecular formula is C16H13ClF2N3O2S+. The molecule has 0 aliphatic carbocycles. The van der Waals surface area contributed by atoms with Gasteiger partial charge in [0.15, 0.2) is 5.71 Å². The van der Waals surface area contributed by atoms with Crippen molar-refractivity contribution in [2.75, 3.05) is 0 Å². The van der Waals surface area contributed by atoms with Gasteiger partial charge in [-0.15, -0.1) is 0 Å². The molecule has 2 aromatic carbocycles. The van der Waals surface area contributed by atoms with Gasteiger partial charge in [-0.25, -0.2) is 22.3 Å². The monoisotopic (exact) mass is 384 g/mol. The van der Waals surface area contributed by atoms with Crippen LogP contribution in [0.1, 0.15) is 12.0 Å². The van der Waals surface area contributed by atoms with E-state index in [0.29, 0.717) is 22.0 Å². The zero-order chi connectivity index (χ0) is 18.2. The Morgan fingerprint density at radius 3 is 2.20 bits per heavy atom. The lowest BCUT2D eigenvalue weighted by Crippen LogP contribution is -2.13. The summed E-state index contributed by atoms with van der Waals surface area (Å²) in [6.45, 7) is 0. The molecule has 1 aliphatic rings. The number of rotatable bonds is 4. The smallest absolute Gasteiger partial charge is 0.225 e. The maximum atomic E-state index is 13.1. The highest BCUT2D eigenvalue weighted by Gasteiger charge is 2.34. The summed E-state index contributed by atoms with van der Waals surface area (Å²) in [5, 5.41) is 9.58. The second kappa shape index (κ2) is 6.62. The zero-order valence-electron chi connectivity index (χ0n) is 12.7. The highest BCUT2D eigenvalue weighted by molar-refractivity contribution is 7.89. The van der Waals surface area contributed by atoms with Crippen molar-refractivity contribution >= 4 is 38.7 Å². The van der Waals surface area contributed by atoms with Crippen molar-refractivity contribution in [3.8, 4) is 0 Å². The normalized spacial score (nSPS) is 15.0. The average Bonchev–Trinajstić information content (AvgIpc) is 3.00. The molecule has 0 radical (unpaired) electrons. The first-order chi connectivity index (χ1) is 11.8. The lowest BCUT2D eigenvalue weighted by atomic mass is 10.1. The summed E-state index contributed by atoms with van der Waals surface area (Å²) in [6.07, 6.45) is -2.70. The highest BCUT2D eigenvalue weighted by atomic mass is 35.5. The second-order valence-electron chi connectivity index (χ2n) is 5.37. The molecule has 3 rings (SSSR count). The number of hydrogen-bond donors (Lipinski definition) is 1. The lowest BCUT2D eigenvalue weighted by Gasteiger charge is -2.01. The average molecular weight is 385 g/mol. The molecule has 0 spiro atoms. The molecule has 0 amide bonds. The highest BCUT2D eigenvalue weighted by Crippen LogP contribution is 2.24. The topological polar surface area (TPSA) is 75.5 Å². The lowest BCUT2D eigenvalue weighted by molar-refractivity contribution is -0.442. The van der Waals surface area contributed by atoms with E-state index < -0.39 is 16.4 Å². The Balaban J connectivity index is 2.08. The van der Waals surface area contributed by atoms with Crippen LogP contribution in [0.5, 0.6) is 0 Å². The van der Waals surface area contributed by atoms with Gasteiger partial charge >= 0.3 is 0 Å². The number of nitrogens with two attached hydrogens (primary N) is 1. The van der Waals surface area contributed by atoms with Crippen LogP contribution in [0, 0.1) is 0 Å². The third kappa shape index (κ3) is 3.76. The van der Waals surface area contributed by atoms with Crippen molar-refractivity contribution in [1.82, 2.24) is 0 Å². The quantitative estimate of drug-likeness (QED) is 0.822. The number of nitrogens with zero attached hydrogens (tertiary/aromatic N) is 2. The van der Waals surface area contributed by atoms with Gasteiger partial charge < -0.3 is 0 Å². The Labute approximate surface area is 148 Å². The Morgan fingerprint density at radius 2 is 1.68 bits per heavy atom. The van der Waals surface area contributed by atoms with Crippen molar-refractivity contribution in [2.24, 2.45) is 10.2 Å². The van der Waals surface area contributed by atoms with Gasteiger partial charge in [0.25, 0.3) is 6.43 Å². The van der Waals surface area contributed by atoms with Gasteiger partial charge in [0.2, 0.25) is 21.4 Å². The van der Waals surface area contributed by atoms with Gasteiger partial charge in [0.05, 0.1) is 11.3 Å². The van der Waals surface area contributed by atoms with E-state index >= 15 is 0 Å². The molecule has 0 fully saturated rings. The van der Waals surface area contributed by atoms with Crippen molar-refractivity contribution in [1.29, 1.82) is 0 Å². The molecule has 0 saturated heterocycles. The van der Waals surface area contributed by atoms with E-state index in [9.17, 15) is 17.2 Å². The molecule has 9 heteroatoms. The number of primary sulfonamides is 1. The predicted octanol–water partition coefficient (Wildman–Crippen LogP) is 3.15. The molecule has 5 nitrogen and oxygen atoms in total. The number of benzene rings is 2. The van der Waals surface area contributed by atoms with Gasteiger partial charge in [-0.3, -0.25) is 0 Å². The van der Waals surface area contributed by atoms with Crippen LogP contribution in [0.4, 0.5) is 14.5 Å². The molecule has 0 atom stereocenters. The Morgan fingerprint density at radius 1 is 1.08 bits per heavy atom. The third-order valence-electron chi connectivity index (χ3n) is 3.67. The van der Waals surface area contributed by atoms with E-state index in [1.54, 1.807) is 24.3 Å². The van der Waals surface area contributed by atoms with Gasteiger partial charge in [-0.05, 0) is 41.1 Å². The van der Waals surface area contributed by atoms with Crippen molar-refractivity contribution in [3.63, 3.8) is 0 Å². The van der Waals surface area contributed by atoms with Crippen LogP contribution in [0.3, 0.4) is 0 Å². The van der Waals surface area contributed by atoms with Crippen LogP contribution in [0.2, 0.25) is 5.02 Å². The van der Waals surface area contributed by atoms with E-state index in [-0.39, 0.29) is 17.0 Å². The molecule has 0 unspecified atom stereocenters.